The van der Waals surface area contributed by atoms with Crippen LogP contribution >= 0.6 is 0 Å². The van der Waals surface area contributed by atoms with Crippen LogP contribution < -0.4 is 5.32 Å². The Kier molecular flexibility index (Phi) is 5.41. The lowest BCUT2D eigenvalue weighted by atomic mass is 10.1. The van der Waals surface area contributed by atoms with Gasteiger partial charge < -0.3 is 19.7 Å². The van der Waals surface area contributed by atoms with E-state index in [2.05, 4.69) is 12.2 Å². The summed E-state index contributed by atoms with van der Waals surface area (Å²) >= 11 is 0. The molecule has 0 aromatic rings. The lowest BCUT2D eigenvalue weighted by Gasteiger charge is -2.34. The van der Waals surface area contributed by atoms with Gasteiger partial charge in [-0.25, -0.2) is 0 Å². The van der Waals surface area contributed by atoms with Gasteiger partial charge in [-0.3, -0.25) is 4.79 Å². The number of hydrogen-bond donors (Lipinski definition) is 1. The number of carbonyl (C=O) groups is 1. The Morgan fingerprint density at radius 3 is 2.94 bits per heavy atom. The predicted octanol–water partition coefficient (Wildman–Crippen LogP) is 0.392. The van der Waals surface area contributed by atoms with Crippen molar-refractivity contribution in [3.63, 3.8) is 0 Å². The maximum absolute atomic E-state index is 12.0. The summed E-state index contributed by atoms with van der Waals surface area (Å²) in [4.78, 5) is 14.0. The molecule has 104 valence electrons. The molecule has 0 radical (unpaired) electrons. The first-order chi connectivity index (χ1) is 8.77. The molecule has 0 aromatic carbocycles. The van der Waals surface area contributed by atoms with Gasteiger partial charge in [-0.05, 0) is 19.8 Å². The summed E-state index contributed by atoms with van der Waals surface area (Å²) in [5.74, 6) is 0.219. The van der Waals surface area contributed by atoms with Crippen molar-refractivity contribution >= 4 is 5.91 Å². The molecule has 1 N–H and O–H groups in total. The molecule has 2 saturated heterocycles. The second-order valence-corrected chi connectivity index (χ2v) is 5.07. The molecule has 2 aliphatic rings. The average Bonchev–Trinajstić information content (AvgIpc) is 2.40. The summed E-state index contributed by atoms with van der Waals surface area (Å²) in [6.07, 6.45) is 2.70. The van der Waals surface area contributed by atoms with Gasteiger partial charge in [0.15, 0.2) is 0 Å². The second-order valence-electron chi connectivity index (χ2n) is 5.07. The minimum Gasteiger partial charge on any atom is -0.381 e. The van der Waals surface area contributed by atoms with Crippen LogP contribution in [0.4, 0.5) is 0 Å². The van der Waals surface area contributed by atoms with E-state index in [1.54, 1.807) is 0 Å². The van der Waals surface area contributed by atoms with E-state index in [9.17, 15) is 4.79 Å². The van der Waals surface area contributed by atoms with Crippen molar-refractivity contribution < 1.29 is 14.3 Å². The zero-order valence-corrected chi connectivity index (χ0v) is 11.2. The highest BCUT2D eigenvalue weighted by atomic mass is 16.5. The number of nitrogens with one attached hydrogen (secondary N) is 1. The topological polar surface area (TPSA) is 50.8 Å². The normalized spacial score (nSPS) is 26.3. The van der Waals surface area contributed by atoms with Crippen molar-refractivity contribution in [3.8, 4) is 0 Å². The third-order valence-corrected chi connectivity index (χ3v) is 3.66. The lowest BCUT2D eigenvalue weighted by molar-refractivity contribution is -0.136. The summed E-state index contributed by atoms with van der Waals surface area (Å²) in [5.41, 5.74) is 0. The van der Waals surface area contributed by atoms with Crippen molar-refractivity contribution in [3.05, 3.63) is 0 Å². The number of piperazine rings is 1. The molecule has 2 rings (SSSR count). The van der Waals surface area contributed by atoms with Gasteiger partial charge in [0, 0.05) is 38.9 Å². The zero-order chi connectivity index (χ0) is 12.8. The van der Waals surface area contributed by atoms with Crippen LogP contribution in [0.5, 0.6) is 0 Å². The molecule has 18 heavy (non-hydrogen) atoms. The van der Waals surface area contributed by atoms with Crippen LogP contribution in [0.25, 0.3) is 0 Å². The van der Waals surface area contributed by atoms with E-state index in [0.29, 0.717) is 19.1 Å². The van der Waals surface area contributed by atoms with Crippen LogP contribution in [0.1, 0.15) is 26.2 Å². The Morgan fingerprint density at radius 1 is 1.44 bits per heavy atom. The standard InChI is InChI=1S/C13H24N2O3/c1-11-10-14-5-6-15(11)13(16)4-9-18-12-2-7-17-8-3-12/h11-12,14H,2-10H2,1H3/t11-/m1/s1. The molecule has 1 amide bonds. The molecule has 2 aliphatic heterocycles. The monoisotopic (exact) mass is 256 g/mol. The van der Waals surface area contributed by atoms with Gasteiger partial charge in [-0.1, -0.05) is 0 Å². The minimum absolute atomic E-state index is 0.219. The van der Waals surface area contributed by atoms with E-state index in [0.717, 1.165) is 45.7 Å². The fraction of sp³-hybridized carbons (Fsp3) is 0.923. The van der Waals surface area contributed by atoms with E-state index in [-0.39, 0.29) is 12.0 Å². The molecule has 5 nitrogen and oxygen atoms in total. The maximum Gasteiger partial charge on any atom is 0.225 e. The van der Waals surface area contributed by atoms with Crippen LogP contribution in [0.3, 0.4) is 0 Å². The Balaban J connectivity index is 1.64. The molecule has 0 bridgehead atoms. The van der Waals surface area contributed by atoms with Gasteiger partial charge in [0.1, 0.15) is 0 Å². The first-order valence-corrected chi connectivity index (χ1v) is 6.97. The summed E-state index contributed by atoms with van der Waals surface area (Å²) in [6.45, 7) is 6.81. The highest BCUT2D eigenvalue weighted by Crippen LogP contribution is 2.11. The van der Waals surface area contributed by atoms with Crippen LogP contribution in [-0.4, -0.2) is 62.4 Å². The van der Waals surface area contributed by atoms with Crippen LogP contribution in [0.2, 0.25) is 0 Å². The van der Waals surface area contributed by atoms with Crippen molar-refractivity contribution in [2.24, 2.45) is 0 Å². The van der Waals surface area contributed by atoms with Crippen molar-refractivity contribution in [1.82, 2.24) is 10.2 Å². The van der Waals surface area contributed by atoms with Gasteiger partial charge in [-0.2, -0.15) is 0 Å². The Morgan fingerprint density at radius 2 is 2.22 bits per heavy atom. The highest BCUT2D eigenvalue weighted by molar-refractivity contribution is 5.76. The predicted molar refractivity (Wildman–Crippen MR) is 68.5 cm³/mol. The summed E-state index contributed by atoms with van der Waals surface area (Å²) in [7, 11) is 0. The molecule has 2 fully saturated rings. The molecule has 0 aliphatic carbocycles. The highest BCUT2D eigenvalue weighted by Gasteiger charge is 2.23. The molecule has 0 aromatic heterocycles. The van der Waals surface area contributed by atoms with E-state index >= 15 is 0 Å². The molecule has 5 heteroatoms. The zero-order valence-electron chi connectivity index (χ0n) is 11.2. The van der Waals surface area contributed by atoms with Gasteiger partial charge in [0.05, 0.1) is 19.1 Å². The first kappa shape index (κ1) is 13.8. The number of amides is 1. The first-order valence-electron chi connectivity index (χ1n) is 6.97. The number of nitrogens with zero attached hydrogens (tertiary/aromatic N) is 1. The molecular formula is C13H24N2O3. The Bertz CT molecular complexity index is 267. The largest absolute Gasteiger partial charge is 0.381 e. The van der Waals surface area contributed by atoms with Crippen molar-refractivity contribution in [2.45, 2.75) is 38.3 Å². The van der Waals surface area contributed by atoms with Crippen molar-refractivity contribution in [2.75, 3.05) is 39.5 Å². The third kappa shape index (κ3) is 3.93. The van der Waals surface area contributed by atoms with Crippen LogP contribution in [0, 0.1) is 0 Å². The van der Waals surface area contributed by atoms with Crippen molar-refractivity contribution in [1.29, 1.82) is 0 Å². The minimum atomic E-state index is 0.219. The second kappa shape index (κ2) is 7.07. The molecule has 1 atom stereocenters. The number of hydrogen-bond acceptors (Lipinski definition) is 4. The molecule has 0 unspecified atom stereocenters. The van der Waals surface area contributed by atoms with Crippen LogP contribution in [-0.2, 0) is 14.3 Å². The fourth-order valence-corrected chi connectivity index (χ4v) is 2.51. The smallest absolute Gasteiger partial charge is 0.225 e. The van der Waals surface area contributed by atoms with Gasteiger partial charge in [0.2, 0.25) is 5.91 Å². The van der Waals surface area contributed by atoms with Crippen LogP contribution in [0.15, 0.2) is 0 Å². The molecular weight excluding hydrogens is 232 g/mol. The fourth-order valence-electron chi connectivity index (χ4n) is 2.51. The van der Waals surface area contributed by atoms with E-state index in [4.69, 9.17) is 9.47 Å². The third-order valence-electron chi connectivity index (χ3n) is 3.66. The molecule has 0 spiro atoms. The molecule has 2 heterocycles. The summed E-state index contributed by atoms with van der Waals surface area (Å²) < 4.78 is 11.0. The maximum atomic E-state index is 12.0. The van der Waals surface area contributed by atoms with Gasteiger partial charge >= 0.3 is 0 Å². The quantitative estimate of drug-likeness (QED) is 0.790. The van der Waals surface area contributed by atoms with E-state index in [1.165, 1.54) is 0 Å². The summed E-state index contributed by atoms with van der Waals surface area (Å²) in [6, 6.07) is 0.300. The molecule has 0 saturated carbocycles. The summed E-state index contributed by atoms with van der Waals surface area (Å²) in [5, 5.41) is 3.29. The Hall–Kier alpha value is -0.650. The van der Waals surface area contributed by atoms with Gasteiger partial charge in [0.25, 0.3) is 0 Å². The van der Waals surface area contributed by atoms with E-state index < -0.39 is 0 Å². The Labute approximate surface area is 109 Å². The van der Waals surface area contributed by atoms with Gasteiger partial charge in [-0.15, -0.1) is 0 Å². The SMILES string of the molecule is C[C@@H]1CNCCN1C(=O)CCOC1CCOCC1. The number of rotatable bonds is 4. The number of ether oxygens (including phenoxy) is 2. The van der Waals surface area contributed by atoms with E-state index in [1.807, 2.05) is 4.90 Å². The average molecular weight is 256 g/mol. The number of carbonyl (C=O) groups excluding carboxylic acids is 1. The lowest BCUT2D eigenvalue weighted by Crippen LogP contribution is -2.52.